The molecule has 2 aromatic rings. The zero-order valence-electron chi connectivity index (χ0n) is 32.7. The van der Waals surface area contributed by atoms with Gasteiger partial charge in [0.2, 0.25) is 0 Å². The largest absolute Gasteiger partial charge is 0.466 e. The molecule has 4 rings (SSSR count). The second kappa shape index (κ2) is 23.7. The van der Waals surface area contributed by atoms with Gasteiger partial charge in [-0.1, -0.05) is 77.1 Å². The SMILES string of the molecule is CCOC(=O)C1=C(C)NC(CSC(=N)N)=C(C(=O)OCC)C1c1ccccc1Cl.CCOC(=O)C1=C(CSC(=N)N)NC(C)=C(C(=O)OC)C1c1cccc(Cl)c1.Cl. The van der Waals surface area contributed by atoms with Crippen molar-refractivity contribution in [1.82, 2.24) is 10.6 Å². The first-order chi connectivity index (χ1) is 27.1. The predicted octanol–water partition coefficient (Wildman–Crippen LogP) is 6.65. The summed E-state index contributed by atoms with van der Waals surface area (Å²) in [5.41, 5.74) is 15.4. The van der Waals surface area contributed by atoms with Crippen LogP contribution in [0.5, 0.6) is 0 Å². The molecule has 2 aliphatic rings. The fraction of sp³-hybridized carbons (Fsp3) is 0.333. The lowest BCUT2D eigenvalue weighted by molar-refractivity contribution is -0.141. The highest BCUT2D eigenvalue weighted by Gasteiger charge is 2.41. The molecule has 2 aliphatic heterocycles. The lowest BCUT2D eigenvalue weighted by Crippen LogP contribution is -2.34. The van der Waals surface area contributed by atoms with E-state index in [2.05, 4.69) is 10.6 Å². The zero-order valence-corrected chi connectivity index (χ0v) is 36.7. The number of esters is 4. The topological polar surface area (TPSA) is 229 Å². The van der Waals surface area contributed by atoms with E-state index in [0.717, 1.165) is 23.5 Å². The summed E-state index contributed by atoms with van der Waals surface area (Å²) < 4.78 is 20.8. The standard InChI is InChI=1S/C20H24ClN3O4S.C19H22ClN3O4S.ClH/c1-4-27-18(25)15-11(3)24-14(10-29-20(22)23)17(19(26)28-5-2)16(15)12-8-6-7-9-13(12)21;1-4-27-18(25)16-13(9-28-19(21)22)23-10(2)14(17(24)26-3)15(16)11-6-5-7-12(20)8-11;/h6-9,16,24H,4-5,10H2,1-3H3,(H3,22,23);5-8,15,23H,4,9H2,1-3H3,(H3,21,22);1H. The van der Waals surface area contributed by atoms with Crippen LogP contribution in [0.25, 0.3) is 0 Å². The summed E-state index contributed by atoms with van der Waals surface area (Å²) >= 11 is 14.7. The molecule has 2 heterocycles. The van der Waals surface area contributed by atoms with Gasteiger partial charge in [-0.05, 0) is 63.9 Å². The number of carbonyl (C=O) groups excluding carboxylic acids is 4. The summed E-state index contributed by atoms with van der Waals surface area (Å²) in [6.45, 7) is 9.12. The summed E-state index contributed by atoms with van der Waals surface area (Å²) in [4.78, 5) is 51.2. The van der Waals surface area contributed by atoms with Crippen LogP contribution in [0.15, 0.2) is 93.6 Å². The number of nitrogens with one attached hydrogen (secondary N) is 4. The van der Waals surface area contributed by atoms with Gasteiger partial charge in [0.05, 0.1) is 61.1 Å². The highest BCUT2D eigenvalue weighted by Crippen LogP contribution is 2.43. The molecule has 314 valence electrons. The van der Waals surface area contributed by atoms with Crippen molar-refractivity contribution in [2.24, 2.45) is 11.5 Å². The van der Waals surface area contributed by atoms with Crippen molar-refractivity contribution in [3.8, 4) is 0 Å². The lowest BCUT2D eigenvalue weighted by Gasteiger charge is -2.31. The number of carbonyl (C=O) groups is 4. The van der Waals surface area contributed by atoms with E-state index in [4.69, 9.17) is 64.4 Å². The number of halogens is 3. The monoisotopic (exact) mass is 896 g/mol. The molecule has 0 amide bonds. The summed E-state index contributed by atoms with van der Waals surface area (Å²) in [7, 11) is 1.28. The number of thioether (sulfide) groups is 2. The van der Waals surface area contributed by atoms with Gasteiger partial charge < -0.3 is 41.0 Å². The summed E-state index contributed by atoms with van der Waals surface area (Å²) in [5.74, 6) is -3.26. The molecule has 0 radical (unpaired) electrons. The fourth-order valence-electron chi connectivity index (χ4n) is 6.12. The number of dihydropyridines is 2. The third kappa shape index (κ3) is 12.7. The fourth-order valence-corrected chi connectivity index (χ4v) is 7.62. The van der Waals surface area contributed by atoms with Gasteiger partial charge in [-0.25, -0.2) is 19.2 Å². The van der Waals surface area contributed by atoms with Crippen LogP contribution in [0.2, 0.25) is 10.0 Å². The minimum absolute atomic E-state index is 0. The molecule has 2 unspecified atom stereocenters. The lowest BCUT2D eigenvalue weighted by atomic mass is 9.80. The molecule has 0 fully saturated rings. The Balaban J connectivity index is 0.000000394. The molecule has 0 spiro atoms. The number of nitrogens with two attached hydrogens (primary N) is 2. The van der Waals surface area contributed by atoms with Crippen molar-refractivity contribution in [1.29, 1.82) is 10.8 Å². The Kier molecular flexibility index (Phi) is 20.2. The molecule has 0 aromatic heterocycles. The maximum atomic E-state index is 12.9. The number of ether oxygens (including phenoxy) is 4. The highest BCUT2D eigenvalue weighted by molar-refractivity contribution is 8.14. The van der Waals surface area contributed by atoms with Crippen molar-refractivity contribution >= 4 is 93.3 Å². The summed E-state index contributed by atoms with van der Waals surface area (Å²) in [6.07, 6.45) is 0. The van der Waals surface area contributed by atoms with Gasteiger partial charge in [0.15, 0.2) is 10.3 Å². The van der Waals surface area contributed by atoms with Crippen molar-refractivity contribution in [3.05, 3.63) is 115 Å². The Morgan fingerprint density at radius 2 is 1.14 bits per heavy atom. The van der Waals surface area contributed by atoms with Crippen molar-refractivity contribution in [3.63, 3.8) is 0 Å². The molecule has 58 heavy (non-hydrogen) atoms. The zero-order chi connectivity index (χ0) is 42.4. The van der Waals surface area contributed by atoms with Crippen LogP contribution in [0.1, 0.15) is 57.6 Å². The number of hydrogen-bond donors (Lipinski definition) is 6. The second-order valence-corrected chi connectivity index (χ2v) is 14.9. The van der Waals surface area contributed by atoms with Crippen LogP contribution < -0.4 is 22.1 Å². The van der Waals surface area contributed by atoms with Gasteiger partial charge in [-0.2, -0.15) is 0 Å². The number of rotatable bonds is 13. The van der Waals surface area contributed by atoms with E-state index >= 15 is 0 Å². The van der Waals surface area contributed by atoms with Crippen LogP contribution in [0.4, 0.5) is 0 Å². The molecule has 0 saturated heterocycles. The molecule has 19 heteroatoms. The van der Waals surface area contributed by atoms with Gasteiger partial charge in [0.25, 0.3) is 0 Å². The molecule has 0 bridgehead atoms. The Morgan fingerprint density at radius 3 is 1.57 bits per heavy atom. The number of hydrogen-bond acceptors (Lipinski definition) is 14. The maximum Gasteiger partial charge on any atom is 0.336 e. The van der Waals surface area contributed by atoms with Gasteiger partial charge in [0, 0.05) is 44.3 Å². The Hall–Kier alpha value is -4.61. The molecular weight excluding hydrogens is 851 g/mol. The normalized spacial score (nSPS) is 16.1. The van der Waals surface area contributed by atoms with Crippen LogP contribution in [0, 0.1) is 10.8 Å². The van der Waals surface area contributed by atoms with Crippen LogP contribution in [0.3, 0.4) is 0 Å². The van der Waals surface area contributed by atoms with Gasteiger partial charge in [-0.15, -0.1) is 12.4 Å². The average molecular weight is 898 g/mol. The number of allylic oxidation sites excluding steroid dienone is 2. The van der Waals surface area contributed by atoms with E-state index in [1.54, 1.807) is 83.1 Å². The number of methoxy groups -OCH3 is 1. The molecular formula is C39H47Cl3N6O8S2. The van der Waals surface area contributed by atoms with E-state index in [1.807, 2.05) is 0 Å². The minimum atomic E-state index is -0.773. The van der Waals surface area contributed by atoms with Gasteiger partial charge >= 0.3 is 23.9 Å². The Labute approximate surface area is 362 Å². The first kappa shape index (κ1) is 49.5. The number of benzene rings is 2. The average Bonchev–Trinajstić information content (AvgIpc) is 3.15. The Bertz CT molecular complexity index is 2040. The maximum absolute atomic E-state index is 12.9. The highest BCUT2D eigenvalue weighted by atomic mass is 35.5. The third-order valence-corrected chi connectivity index (χ3v) is 10.4. The quantitative estimate of drug-likeness (QED) is 0.0536. The number of amidine groups is 2. The van der Waals surface area contributed by atoms with E-state index in [-0.39, 0.29) is 65.2 Å². The van der Waals surface area contributed by atoms with Crippen LogP contribution >= 0.6 is 59.1 Å². The Morgan fingerprint density at radius 1 is 0.690 bits per heavy atom. The van der Waals surface area contributed by atoms with E-state index in [0.29, 0.717) is 55.1 Å². The second-order valence-electron chi connectivity index (χ2n) is 12.0. The smallest absolute Gasteiger partial charge is 0.336 e. The van der Waals surface area contributed by atoms with E-state index < -0.39 is 35.7 Å². The van der Waals surface area contributed by atoms with Crippen LogP contribution in [-0.4, -0.2) is 72.6 Å². The van der Waals surface area contributed by atoms with E-state index in [1.165, 1.54) is 7.11 Å². The minimum Gasteiger partial charge on any atom is -0.466 e. The first-order valence-corrected chi connectivity index (χ1v) is 20.3. The van der Waals surface area contributed by atoms with Crippen molar-refractivity contribution < 1.29 is 38.1 Å². The molecule has 2 atom stereocenters. The van der Waals surface area contributed by atoms with Gasteiger partial charge in [-0.3, -0.25) is 10.8 Å². The molecule has 0 saturated carbocycles. The summed E-state index contributed by atoms with van der Waals surface area (Å²) in [6, 6.07) is 14.0. The molecule has 8 N–H and O–H groups in total. The predicted molar refractivity (Wildman–Crippen MR) is 232 cm³/mol. The molecule has 0 aliphatic carbocycles. The summed E-state index contributed by atoms with van der Waals surface area (Å²) in [5, 5.41) is 21.9. The van der Waals surface area contributed by atoms with Gasteiger partial charge in [0.1, 0.15) is 0 Å². The van der Waals surface area contributed by atoms with Crippen molar-refractivity contribution in [2.75, 3.05) is 38.4 Å². The first-order valence-electron chi connectivity index (χ1n) is 17.6. The van der Waals surface area contributed by atoms with E-state index in [9.17, 15) is 19.2 Å². The van der Waals surface area contributed by atoms with Crippen molar-refractivity contribution in [2.45, 2.75) is 46.5 Å². The third-order valence-electron chi connectivity index (χ3n) is 8.32. The molecule has 14 nitrogen and oxygen atoms in total. The van der Waals surface area contributed by atoms with Crippen LogP contribution in [-0.2, 0) is 38.1 Å². The molecule has 2 aromatic carbocycles.